The minimum absolute atomic E-state index is 0.312. The van der Waals surface area contributed by atoms with Gasteiger partial charge in [0.2, 0.25) is 0 Å². The Bertz CT molecular complexity index is 941. The number of hydrogen-bond acceptors (Lipinski definition) is 6. The molecule has 0 spiro atoms. The fourth-order valence-corrected chi connectivity index (χ4v) is 2.72. The number of nitrogens with one attached hydrogen (secondary N) is 1. The van der Waals surface area contributed by atoms with Crippen molar-refractivity contribution in [1.82, 2.24) is 10.1 Å². The Morgan fingerprint density at radius 2 is 2.00 bits per heavy atom. The number of rotatable bonds is 5. The lowest BCUT2D eigenvalue weighted by molar-refractivity contribution is 0.102. The summed E-state index contributed by atoms with van der Waals surface area (Å²) in [5.74, 6) is 0.845. The van der Waals surface area contributed by atoms with Gasteiger partial charge in [0, 0.05) is 24.0 Å². The molecule has 7 nitrogen and oxygen atoms in total. The highest BCUT2D eigenvalue weighted by Crippen LogP contribution is 2.36. The number of methoxy groups -OCH3 is 2. The summed E-state index contributed by atoms with van der Waals surface area (Å²) in [4.78, 5) is 16.9. The van der Waals surface area contributed by atoms with Crippen LogP contribution in [-0.2, 0) is 0 Å². The maximum Gasteiger partial charge on any atom is 0.261 e. The number of halogens is 1. The first-order valence-electron chi connectivity index (χ1n) is 7.64. The van der Waals surface area contributed by atoms with Crippen LogP contribution in [0.4, 0.5) is 5.69 Å². The summed E-state index contributed by atoms with van der Waals surface area (Å²) in [5.41, 5.74) is 1.80. The van der Waals surface area contributed by atoms with Gasteiger partial charge in [-0.2, -0.15) is 0 Å². The van der Waals surface area contributed by atoms with Gasteiger partial charge in [0.05, 0.1) is 24.9 Å². The van der Waals surface area contributed by atoms with Crippen LogP contribution in [0.3, 0.4) is 0 Å². The van der Waals surface area contributed by atoms with Crippen LogP contribution in [0.5, 0.6) is 11.5 Å². The number of hydrogen-bond donors (Lipinski definition) is 1. The van der Waals surface area contributed by atoms with E-state index in [1.807, 2.05) is 0 Å². The second-order valence-corrected chi connectivity index (χ2v) is 5.75. The molecule has 3 rings (SSSR count). The molecule has 0 unspecified atom stereocenters. The summed E-state index contributed by atoms with van der Waals surface area (Å²) in [6.45, 7) is 1.67. The predicted molar refractivity (Wildman–Crippen MR) is 97.0 cm³/mol. The van der Waals surface area contributed by atoms with E-state index in [0.717, 1.165) is 0 Å². The molecule has 0 aliphatic carbocycles. The lowest BCUT2D eigenvalue weighted by Gasteiger charge is -2.13. The van der Waals surface area contributed by atoms with Crippen LogP contribution in [0.2, 0.25) is 5.02 Å². The van der Waals surface area contributed by atoms with E-state index in [1.54, 1.807) is 43.6 Å². The third kappa shape index (κ3) is 3.34. The topological polar surface area (TPSA) is 86.5 Å². The first-order chi connectivity index (χ1) is 12.5. The summed E-state index contributed by atoms with van der Waals surface area (Å²) >= 11 is 6.15. The second kappa shape index (κ2) is 7.45. The van der Waals surface area contributed by atoms with E-state index in [0.29, 0.717) is 44.8 Å². The highest BCUT2D eigenvalue weighted by Gasteiger charge is 2.23. The van der Waals surface area contributed by atoms with Gasteiger partial charge < -0.3 is 19.3 Å². The minimum atomic E-state index is -0.401. The highest BCUT2D eigenvalue weighted by molar-refractivity contribution is 6.32. The zero-order chi connectivity index (χ0) is 18.7. The number of pyridine rings is 1. The summed E-state index contributed by atoms with van der Waals surface area (Å²) < 4.78 is 15.7. The van der Waals surface area contributed by atoms with Crippen molar-refractivity contribution >= 4 is 23.2 Å². The van der Waals surface area contributed by atoms with Gasteiger partial charge in [-0.15, -0.1) is 0 Å². The highest BCUT2D eigenvalue weighted by atomic mass is 35.5. The molecule has 1 aromatic carbocycles. The molecule has 0 atom stereocenters. The van der Waals surface area contributed by atoms with Gasteiger partial charge in [0.15, 0.2) is 0 Å². The van der Waals surface area contributed by atoms with E-state index in [4.69, 9.17) is 25.6 Å². The number of aryl methyl sites for hydroxylation is 1. The Morgan fingerprint density at radius 1 is 1.23 bits per heavy atom. The molecule has 8 heteroatoms. The van der Waals surface area contributed by atoms with Crippen molar-refractivity contribution in [1.29, 1.82) is 0 Å². The fourth-order valence-electron chi connectivity index (χ4n) is 2.48. The average Bonchev–Trinajstić information content (AvgIpc) is 3.04. The second-order valence-electron chi connectivity index (χ2n) is 5.35. The molecular weight excluding hydrogens is 358 g/mol. The number of carbonyl (C=O) groups excluding carboxylic acids is 1. The molecule has 0 saturated carbocycles. The molecule has 0 aliphatic rings. The molecular formula is C18H16ClN3O4. The quantitative estimate of drug-likeness (QED) is 0.728. The Morgan fingerprint density at radius 3 is 2.65 bits per heavy atom. The third-order valence-corrected chi connectivity index (χ3v) is 4.04. The van der Waals surface area contributed by atoms with Gasteiger partial charge in [0.25, 0.3) is 5.91 Å². The summed E-state index contributed by atoms with van der Waals surface area (Å²) in [7, 11) is 2.99. The van der Waals surface area contributed by atoms with Crippen molar-refractivity contribution in [3.8, 4) is 22.8 Å². The molecule has 26 heavy (non-hydrogen) atoms. The van der Waals surface area contributed by atoms with Gasteiger partial charge in [-0.1, -0.05) is 16.8 Å². The number of amides is 1. The Kier molecular flexibility index (Phi) is 5.09. The van der Waals surface area contributed by atoms with Crippen molar-refractivity contribution in [2.24, 2.45) is 0 Å². The largest absolute Gasteiger partial charge is 0.495 e. The Hall–Kier alpha value is -3.06. The molecule has 0 aliphatic heterocycles. The predicted octanol–water partition coefficient (Wildman–Crippen LogP) is 3.97. The third-order valence-electron chi connectivity index (χ3n) is 3.75. The minimum Gasteiger partial charge on any atom is -0.495 e. The summed E-state index contributed by atoms with van der Waals surface area (Å²) in [6, 6.07) is 6.71. The van der Waals surface area contributed by atoms with E-state index in [9.17, 15) is 4.79 Å². The standard InChI is InChI=1S/C18H16ClN3O4/c1-10-16(17(22-26-10)11-5-4-6-20-9-11)18(23)21-13-7-12(19)14(24-2)8-15(13)25-3/h4-9H,1-3H3,(H,21,23). The van der Waals surface area contributed by atoms with Crippen LogP contribution in [0, 0.1) is 6.92 Å². The van der Waals surface area contributed by atoms with Crippen molar-refractivity contribution in [2.75, 3.05) is 19.5 Å². The van der Waals surface area contributed by atoms with Gasteiger partial charge in [-0.25, -0.2) is 0 Å². The van der Waals surface area contributed by atoms with E-state index < -0.39 is 5.91 Å². The maximum atomic E-state index is 12.9. The van der Waals surface area contributed by atoms with E-state index in [1.165, 1.54) is 14.2 Å². The zero-order valence-electron chi connectivity index (χ0n) is 14.4. The average molecular weight is 374 g/mol. The van der Waals surface area contributed by atoms with Crippen LogP contribution in [0.1, 0.15) is 16.1 Å². The van der Waals surface area contributed by atoms with Crippen molar-refractivity contribution in [2.45, 2.75) is 6.92 Å². The molecule has 1 N–H and O–H groups in total. The SMILES string of the molecule is COc1cc(OC)c(NC(=O)c2c(-c3cccnc3)noc2C)cc1Cl. The van der Waals surface area contributed by atoms with Gasteiger partial charge >= 0.3 is 0 Å². The smallest absolute Gasteiger partial charge is 0.261 e. The first kappa shape index (κ1) is 17.8. The van der Waals surface area contributed by atoms with Crippen molar-refractivity contribution < 1.29 is 18.8 Å². The van der Waals surface area contributed by atoms with Gasteiger partial charge in [-0.05, 0) is 25.1 Å². The van der Waals surface area contributed by atoms with Gasteiger partial charge in [0.1, 0.15) is 28.5 Å². The fraction of sp³-hybridized carbons (Fsp3) is 0.167. The molecule has 134 valence electrons. The van der Waals surface area contributed by atoms with Crippen molar-refractivity contribution in [3.63, 3.8) is 0 Å². The number of benzene rings is 1. The van der Waals surface area contributed by atoms with E-state index in [-0.39, 0.29) is 0 Å². The normalized spacial score (nSPS) is 10.5. The van der Waals surface area contributed by atoms with Crippen LogP contribution in [0.15, 0.2) is 41.2 Å². The van der Waals surface area contributed by atoms with Crippen LogP contribution in [-0.4, -0.2) is 30.3 Å². The van der Waals surface area contributed by atoms with Crippen LogP contribution >= 0.6 is 11.6 Å². The first-order valence-corrected chi connectivity index (χ1v) is 8.02. The lowest BCUT2D eigenvalue weighted by Crippen LogP contribution is -2.14. The molecule has 2 heterocycles. The van der Waals surface area contributed by atoms with Crippen molar-refractivity contribution in [3.05, 3.63) is 53.0 Å². The number of anilines is 1. The molecule has 0 radical (unpaired) electrons. The lowest BCUT2D eigenvalue weighted by atomic mass is 10.1. The molecule has 2 aromatic heterocycles. The number of nitrogens with zero attached hydrogens (tertiary/aromatic N) is 2. The van der Waals surface area contributed by atoms with E-state index in [2.05, 4.69) is 15.5 Å². The molecule has 1 amide bonds. The summed E-state index contributed by atoms with van der Waals surface area (Å²) in [6.07, 6.45) is 3.25. The molecule has 0 fully saturated rings. The molecule has 3 aromatic rings. The van der Waals surface area contributed by atoms with Crippen LogP contribution < -0.4 is 14.8 Å². The monoisotopic (exact) mass is 373 g/mol. The van der Waals surface area contributed by atoms with Gasteiger partial charge in [-0.3, -0.25) is 9.78 Å². The zero-order valence-corrected chi connectivity index (χ0v) is 15.1. The molecule has 0 bridgehead atoms. The summed E-state index contributed by atoms with van der Waals surface area (Å²) in [5, 5.41) is 7.11. The number of aromatic nitrogens is 2. The number of ether oxygens (including phenoxy) is 2. The number of carbonyl (C=O) groups is 1. The molecule has 0 saturated heterocycles. The Labute approximate surface area is 154 Å². The van der Waals surface area contributed by atoms with Crippen LogP contribution in [0.25, 0.3) is 11.3 Å². The van der Waals surface area contributed by atoms with E-state index >= 15 is 0 Å². The Balaban J connectivity index is 1.97. The maximum absolute atomic E-state index is 12.9.